The van der Waals surface area contributed by atoms with Crippen molar-refractivity contribution in [1.82, 2.24) is 24.8 Å². The normalized spacial score (nSPS) is 22.8. The smallest absolute Gasteiger partial charge is 0.327 e. The van der Waals surface area contributed by atoms with Crippen LogP contribution in [0.1, 0.15) is 17.1 Å². The highest BCUT2D eigenvalue weighted by Gasteiger charge is 2.44. The number of rotatable bonds is 3. The molecule has 1 N–H and O–H groups in total. The second kappa shape index (κ2) is 8.03. The van der Waals surface area contributed by atoms with Gasteiger partial charge in [0, 0.05) is 54.9 Å². The van der Waals surface area contributed by atoms with Crippen LogP contribution in [0.4, 0.5) is 10.5 Å². The number of amides is 2. The van der Waals surface area contributed by atoms with E-state index in [0.29, 0.717) is 23.9 Å². The molecule has 3 aromatic rings. The summed E-state index contributed by atoms with van der Waals surface area (Å²) in [4.78, 5) is 35.4. The molecule has 3 unspecified atom stereocenters. The number of nitrogens with zero attached hydrogens (tertiary/aromatic N) is 6. The van der Waals surface area contributed by atoms with E-state index in [4.69, 9.17) is 9.41 Å². The van der Waals surface area contributed by atoms with Crippen LogP contribution in [0.5, 0.6) is 0 Å². The van der Waals surface area contributed by atoms with Crippen LogP contribution in [0, 0.1) is 13.8 Å². The highest BCUT2D eigenvalue weighted by Crippen LogP contribution is 2.33. The molecule has 1 fully saturated rings. The summed E-state index contributed by atoms with van der Waals surface area (Å²) in [5, 5.41) is 3.01. The number of aliphatic imine (C=N–C) groups is 1. The molecule has 3 atom stereocenters. The number of aryl methyl sites for hydroxylation is 2. The van der Waals surface area contributed by atoms with E-state index in [1.165, 1.54) is 0 Å². The fourth-order valence-corrected chi connectivity index (χ4v) is 4.65. The van der Waals surface area contributed by atoms with Crippen LogP contribution in [-0.2, 0) is 0 Å². The minimum atomic E-state index is -0.357. The molecule has 3 aromatic heterocycles. The van der Waals surface area contributed by atoms with Crippen molar-refractivity contribution in [1.29, 1.82) is 0 Å². The van der Waals surface area contributed by atoms with Gasteiger partial charge in [-0.05, 0) is 37.3 Å². The molecule has 0 saturated carbocycles. The summed E-state index contributed by atoms with van der Waals surface area (Å²) in [6.45, 7) is 5.26. The molecule has 6 rings (SSSR count). The first-order chi connectivity index (χ1) is 16.5. The van der Waals surface area contributed by atoms with Crippen molar-refractivity contribution in [2.75, 3.05) is 18.4 Å². The van der Waals surface area contributed by atoms with Gasteiger partial charge in [-0.15, -0.1) is 0 Å². The van der Waals surface area contributed by atoms with Crippen molar-refractivity contribution in [2.24, 2.45) is 4.99 Å². The molecular weight excluding hydrogens is 430 g/mol. The van der Waals surface area contributed by atoms with Gasteiger partial charge in [0.05, 0.1) is 29.8 Å². The average Bonchev–Trinajstić information content (AvgIpc) is 3.46. The van der Waals surface area contributed by atoms with Gasteiger partial charge in [0.15, 0.2) is 11.7 Å². The number of allylic oxidation sites excluding steroid dienone is 1. The number of aromatic nitrogens is 3. The third-order valence-electron chi connectivity index (χ3n) is 6.26. The third kappa shape index (κ3) is 3.60. The van der Waals surface area contributed by atoms with E-state index in [2.05, 4.69) is 37.3 Å². The Hall–Kier alpha value is -4.11. The number of nitrogens with one attached hydrogen (secondary N) is 1. The number of pyridine rings is 2. The Morgan fingerprint density at radius 1 is 1.15 bits per heavy atom. The number of hydrogen-bond acceptors (Lipinski definition) is 7. The topological polar surface area (TPSA) is 99.8 Å². The summed E-state index contributed by atoms with van der Waals surface area (Å²) in [5.41, 5.74) is 5.04. The molecule has 0 aliphatic carbocycles. The average molecular weight is 454 g/mol. The molecule has 34 heavy (non-hydrogen) atoms. The van der Waals surface area contributed by atoms with Gasteiger partial charge in [0.1, 0.15) is 6.17 Å². The molecule has 0 spiro atoms. The SMILES string of the molecule is Cc1cc(C2=NC3C(C=C2)N2CC=C(C2)N3C(=O)Nc2cncc(-c3cnc(C)o3)c2)ccn1. The predicted molar refractivity (Wildman–Crippen MR) is 127 cm³/mol. The molecule has 9 nitrogen and oxygen atoms in total. The lowest BCUT2D eigenvalue weighted by atomic mass is 10.0. The lowest BCUT2D eigenvalue weighted by Crippen LogP contribution is -2.57. The van der Waals surface area contributed by atoms with Crippen molar-refractivity contribution >= 4 is 17.4 Å². The quantitative estimate of drug-likeness (QED) is 0.651. The Morgan fingerprint density at radius 3 is 2.88 bits per heavy atom. The number of piperazine rings is 1. The second-order valence-electron chi connectivity index (χ2n) is 8.59. The number of hydrogen-bond donors (Lipinski definition) is 1. The maximum Gasteiger partial charge on any atom is 0.327 e. The molecule has 0 radical (unpaired) electrons. The Bertz CT molecular complexity index is 1370. The number of anilines is 1. The van der Waals surface area contributed by atoms with E-state index >= 15 is 0 Å². The summed E-state index contributed by atoms with van der Waals surface area (Å²) in [7, 11) is 0. The summed E-state index contributed by atoms with van der Waals surface area (Å²) in [5.74, 6) is 1.18. The molecule has 1 saturated heterocycles. The first-order valence-corrected chi connectivity index (χ1v) is 11.2. The van der Waals surface area contributed by atoms with Crippen molar-refractivity contribution < 1.29 is 9.21 Å². The predicted octanol–water partition coefficient (Wildman–Crippen LogP) is 3.55. The molecule has 3 aliphatic rings. The van der Waals surface area contributed by atoms with Gasteiger partial charge in [0.25, 0.3) is 0 Å². The second-order valence-corrected chi connectivity index (χ2v) is 8.59. The number of oxazole rings is 1. The highest BCUT2D eigenvalue weighted by atomic mass is 16.4. The van der Waals surface area contributed by atoms with Crippen molar-refractivity contribution in [3.63, 3.8) is 0 Å². The number of fused-ring (bicyclic) bond motifs is 4. The van der Waals surface area contributed by atoms with E-state index in [1.54, 1.807) is 36.6 Å². The molecule has 6 heterocycles. The van der Waals surface area contributed by atoms with Gasteiger partial charge in [-0.3, -0.25) is 24.8 Å². The van der Waals surface area contributed by atoms with Gasteiger partial charge in [0.2, 0.25) is 0 Å². The Kier molecular flexibility index (Phi) is 4.84. The standard InChI is InChI=1S/C25H23N7O2/c1-15-9-17(5-7-27-15)21-3-4-22-24(30-21)32(20-6-8-31(22)14-20)25(33)29-19-10-18(11-26-12-19)23-13-28-16(2)34-23/h3-7,9-13,22,24H,8,14H2,1-2H3,(H,29,33). The molecule has 0 aromatic carbocycles. The van der Waals surface area contributed by atoms with E-state index in [1.807, 2.05) is 31.2 Å². The van der Waals surface area contributed by atoms with Crippen LogP contribution < -0.4 is 5.32 Å². The Morgan fingerprint density at radius 2 is 2.06 bits per heavy atom. The van der Waals surface area contributed by atoms with Crippen LogP contribution >= 0.6 is 0 Å². The fourth-order valence-electron chi connectivity index (χ4n) is 4.65. The summed E-state index contributed by atoms with van der Waals surface area (Å²) < 4.78 is 5.60. The number of carbonyl (C=O) groups is 1. The van der Waals surface area contributed by atoms with Gasteiger partial charge >= 0.3 is 6.03 Å². The van der Waals surface area contributed by atoms with Gasteiger partial charge in [-0.2, -0.15) is 0 Å². The lowest BCUT2D eigenvalue weighted by molar-refractivity contribution is 0.126. The summed E-state index contributed by atoms with van der Waals surface area (Å²) in [6.07, 6.45) is 12.7. The number of dihydropyridines is 1. The molecule has 9 heteroatoms. The van der Waals surface area contributed by atoms with Crippen molar-refractivity contribution in [2.45, 2.75) is 26.1 Å². The molecule has 2 amide bonds. The summed E-state index contributed by atoms with van der Waals surface area (Å²) >= 11 is 0. The third-order valence-corrected chi connectivity index (χ3v) is 6.26. The minimum Gasteiger partial charge on any atom is -0.441 e. The van der Waals surface area contributed by atoms with Crippen LogP contribution in [0.2, 0.25) is 0 Å². The maximum absolute atomic E-state index is 13.5. The van der Waals surface area contributed by atoms with Gasteiger partial charge in [-0.25, -0.2) is 9.78 Å². The lowest BCUT2D eigenvalue weighted by Gasteiger charge is -2.43. The number of urea groups is 1. The fraction of sp³-hybridized carbons (Fsp3) is 0.240. The largest absolute Gasteiger partial charge is 0.441 e. The number of carbonyl (C=O) groups excluding carboxylic acids is 1. The van der Waals surface area contributed by atoms with Gasteiger partial charge < -0.3 is 9.73 Å². The molecular formula is C25H23N7O2. The molecule has 170 valence electrons. The van der Waals surface area contributed by atoms with Crippen molar-refractivity contribution in [3.8, 4) is 11.3 Å². The molecule has 2 bridgehead atoms. The van der Waals surface area contributed by atoms with E-state index in [-0.39, 0.29) is 18.2 Å². The van der Waals surface area contributed by atoms with E-state index in [0.717, 1.165) is 34.8 Å². The van der Waals surface area contributed by atoms with Crippen LogP contribution in [0.25, 0.3) is 11.3 Å². The maximum atomic E-state index is 13.5. The zero-order valence-corrected chi connectivity index (χ0v) is 18.8. The Labute approximate surface area is 196 Å². The summed E-state index contributed by atoms with van der Waals surface area (Å²) in [6, 6.07) is 5.56. The highest BCUT2D eigenvalue weighted by molar-refractivity contribution is 6.09. The Balaban J connectivity index is 1.30. The molecule has 3 aliphatic heterocycles. The van der Waals surface area contributed by atoms with E-state index in [9.17, 15) is 4.79 Å². The van der Waals surface area contributed by atoms with Crippen LogP contribution in [0.15, 0.2) is 76.3 Å². The van der Waals surface area contributed by atoms with E-state index < -0.39 is 0 Å². The van der Waals surface area contributed by atoms with Crippen molar-refractivity contribution in [3.05, 3.63) is 84.1 Å². The zero-order valence-electron chi connectivity index (χ0n) is 18.8. The zero-order chi connectivity index (χ0) is 23.2. The first kappa shape index (κ1) is 20.5. The minimum absolute atomic E-state index is 0.0153. The first-order valence-electron chi connectivity index (χ1n) is 11.2. The monoisotopic (exact) mass is 453 g/mol. The van der Waals surface area contributed by atoms with Crippen LogP contribution in [0.3, 0.4) is 0 Å². The van der Waals surface area contributed by atoms with Gasteiger partial charge in [-0.1, -0.05) is 6.08 Å². The van der Waals surface area contributed by atoms with Crippen LogP contribution in [-0.4, -0.2) is 61.8 Å².